The topological polar surface area (TPSA) is 6.48 Å². The first-order valence-electron chi connectivity index (χ1n) is 14.4. The number of hydrogen-bond acceptors (Lipinski definition) is 2. The fourth-order valence-electron chi connectivity index (χ4n) is 5.23. The molecule has 0 saturated carbocycles. The Hall–Kier alpha value is -5.34. The summed E-state index contributed by atoms with van der Waals surface area (Å²) in [6.07, 6.45) is 4.50. The van der Waals surface area contributed by atoms with E-state index in [1.165, 1.54) is 11.1 Å². The van der Waals surface area contributed by atoms with Gasteiger partial charge >= 0.3 is 0 Å². The minimum atomic E-state index is 0.283. The fraction of sp³-hybridized carbons (Fsp3) is 0.0500. The predicted molar refractivity (Wildman–Crippen MR) is 180 cm³/mol. The molecule has 0 amide bonds. The number of rotatable bonds is 9. The Morgan fingerprint density at radius 1 is 0.381 bits per heavy atom. The van der Waals surface area contributed by atoms with Crippen molar-refractivity contribution >= 4 is 40.2 Å². The summed E-state index contributed by atoms with van der Waals surface area (Å²) < 4.78 is 0. The van der Waals surface area contributed by atoms with Crippen LogP contribution >= 0.6 is 0 Å². The molecule has 6 rings (SSSR count). The second-order valence-corrected chi connectivity index (χ2v) is 10.3. The number of hydrogen-bond donors (Lipinski definition) is 0. The maximum atomic E-state index is 2.29. The van der Waals surface area contributed by atoms with Crippen molar-refractivity contribution in [3.8, 4) is 0 Å². The molecule has 2 nitrogen and oxygen atoms in total. The Kier molecular flexibility index (Phi) is 8.24. The van der Waals surface area contributed by atoms with Gasteiger partial charge in [0.2, 0.25) is 0 Å². The van der Waals surface area contributed by atoms with Crippen LogP contribution in [0, 0.1) is 0 Å². The van der Waals surface area contributed by atoms with Gasteiger partial charge in [0.05, 0.1) is 0 Å². The van der Waals surface area contributed by atoms with Crippen LogP contribution in [-0.2, 0) is 0 Å². The van der Waals surface area contributed by atoms with E-state index in [4.69, 9.17) is 0 Å². The fourth-order valence-corrected chi connectivity index (χ4v) is 5.23. The van der Waals surface area contributed by atoms with Crippen molar-refractivity contribution in [2.45, 2.75) is 12.8 Å². The van der Waals surface area contributed by atoms with E-state index in [1.807, 2.05) is 0 Å². The lowest BCUT2D eigenvalue weighted by atomic mass is 9.99. The molecule has 6 aromatic carbocycles. The molecule has 0 aliphatic heterocycles. The lowest BCUT2D eigenvalue weighted by molar-refractivity contribution is 0.972. The molecule has 0 N–H and O–H groups in total. The van der Waals surface area contributed by atoms with Crippen molar-refractivity contribution in [1.82, 2.24) is 0 Å². The van der Waals surface area contributed by atoms with Gasteiger partial charge in [-0.1, -0.05) is 116 Å². The van der Waals surface area contributed by atoms with Gasteiger partial charge in [-0.05, 0) is 89.8 Å². The minimum absolute atomic E-state index is 0.283. The lowest BCUT2D eigenvalue weighted by Gasteiger charge is -2.25. The normalized spacial score (nSPS) is 11.7. The van der Waals surface area contributed by atoms with Crippen LogP contribution in [0.15, 0.2) is 176 Å². The van der Waals surface area contributed by atoms with E-state index in [0.717, 1.165) is 34.1 Å². The standard InChI is InChI=1S/C40H34N2/c1-32(34-26-30-40(31-27-34)42(37-18-10-4-11-19-37)38-20-12-5-13-21-38)22-23-33-24-28-39(29-25-33)41(35-14-6-2-7-15-35)36-16-8-3-9-17-36/h2-32H,1H3/b23-22+. The Labute approximate surface area is 249 Å². The summed E-state index contributed by atoms with van der Waals surface area (Å²) in [5.41, 5.74) is 9.31. The zero-order chi connectivity index (χ0) is 28.6. The van der Waals surface area contributed by atoms with Crippen molar-refractivity contribution in [2.24, 2.45) is 0 Å². The maximum Gasteiger partial charge on any atom is 0.0462 e. The predicted octanol–water partition coefficient (Wildman–Crippen LogP) is 11.4. The molecule has 1 unspecified atom stereocenters. The van der Waals surface area contributed by atoms with Crippen LogP contribution in [0.1, 0.15) is 24.0 Å². The van der Waals surface area contributed by atoms with Gasteiger partial charge < -0.3 is 9.80 Å². The molecule has 0 spiro atoms. The molecular weight excluding hydrogens is 508 g/mol. The smallest absolute Gasteiger partial charge is 0.0462 e. The second-order valence-electron chi connectivity index (χ2n) is 10.3. The van der Waals surface area contributed by atoms with Crippen LogP contribution in [0.2, 0.25) is 0 Å². The van der Waals surface area contributed by atoms with Crippen LogP contribution in [0.25, 0.3) is 6.08 Å². The Morgan fingerprint density at radius 2 is 0.690 bits per heavy atom. The van der Waals surface area contributed by atoms with Crippen molar-refractivity contribution < 1.29 is 0 Å². The SMILES string of the molecule is CC(/C=C/c1ccc(N(c2ccccc2)c2ccccc2)cc1)c1ccc(N(c2ccccc2)c2ccccc2)cc1. The maximum absolute atomic E-state index is 2.29. The van der Waals surface area contributed by atoms with E-state index in [9.17, 15) is 0 Å². The Balaban J connectivity index is 1.19. The highest BCUT2D eigenvalue weighted by Gasteiger charge is 2.13. The van der Waals surface area contributed by atoms with E-state index in [0.29, 0.717) is 0 Å². The van der Waals surface area contributed by atoms with Crippen LogP contribution in [0.5, 0.6) is 0 Å². The van der Waals surface area contributed by atoms with Gasteiger partial charge in [0.25, 0.3) is 0 Å². The van der Waals surface area contributed by atoms with Gasteiger partial charge in [0, 0.05) is 34.1 Å². The lowest BCUT2D eigenvalue weighted by Crippen LogP contribution is -2.09. The van der Waals surface area contributed by atoms with Crippen molar-refractivity contribution in [3.63, 3.8) is 0 Å². The number of benzene rings is 6. The number of nitrogens with zero attached hydrogens (tertiary/aromatic N) is 2. The van der Waals surface area contributed by atoms with E-state index < -0.39 is 0 Å². The molecule has 0 fully saturated rings. The molecular formula is C40H34N2. The number of para-hydroxylation sites is 4. The molecule has 2 heteroatoms. The van der Waals surface area contributed by atoms with Gasteiger partial charge in [-0.25, -0.2) is 0 Å². The third-order valence-corrected chi connectivity index (χ3v) is 7.46. The monoisotopic (exact) mass is 542 g/mol. The second kappa shape index (κ2) is 12.9. The van der Waals surface area contributed by atoms with Gasteiger partial charge in [0.1, 0.15) is 0 Å². The van der Waals surface area contributed by atoms with Crippen LogP contribution in [0.3, 0.4) is 0 Å². The third kappa shape index (κ3) is 6.19. The van der Waals surface area contributed by atoms with Gasteiger partial charge in [-0.15, -0.1) is 0 Å². The highest BCUT2D eigenvalue weighted by atomic mass is 15.1. The van der Waals surface area contributed by atoms with Gasteiger partial charge in [-0.2, -0.15) is 0 Å². The summed E-state index contributed by atoms with van der Waals surface area (Å²) in [4.78, 5) is 4.58. The summed E-state index contributed by atoms with van der Waals surface area (Å²) in [6, 6.07) is 59.7. The minimum Gasteiger partial charge on any atom is -0.311 e. The van der Waals surface area contributed by atoms with Gasteiger partial charge in [-0.3, -0.25) is 0 Å². The van der Waals surface area contributed by atoms with Gasteiger partial charge in [0.15, 0.2) is 0 Å². The average Bonchev–Trinajstić information content (AvgIpc) is 3.07. The molecule has 0 radical (unpaired) electrons. The van der Waals surface area contributed by atoms with E-state index >= 15 is 0 Å². The molecule has 204 valence electrons. The largest absolute Gasteiger partial charge is 0.311 e. The molecule has 0 aliphatic rings. The highest BCUT2D eigenvalue weighted by molar-refractivity contribution is 5.78. The molecule has 42 heavy (non-hydrogen) atoms. The quantitative estimate of drug-likeness (QED) is 0.179. The van der Waals surface area contributed by atoms with Crippen LogP contribution in [-0.4, -0.2) is 0 Å². The van der Waals surface area contributed by atoms with Crippen LogP contribution < -0.4 is 9.80 Å². The van der Waals surface area contributed by atoms with E-state index in [1.54, 1.807) is 0 Å². The molecule has 0 aromatic heterocycles. The highest BCUT2D eigenvalue weighted by Crippen LogP contribution is 2.36. The molecule has 6 aromatic rings. The Morgan fingerprint density at radius 3 is 1.05 bits per heavy atom. The van der Waals surface area contributed by atoms with E-state index in [-0.39, 0.29) is 5.92 Å². The van der Waals surface area contributed by atoms with Crippen LogP contribution in [0.4, 0.5) is 34.1 Å². The summed E-state index contributed by atoms with van der Waals surface area (Å²) in [5.74, 6) is 0.283. The number of allylic oxidation sites excluding steroid dienone is 1. The summed E-state index contributed by atoms with van der Waals surface area (Å²) >= 11 is 0. The number of anilines is 6. The molecule has 1 atom stereocenters. The third-order valence-electron chi connectivity index (χ3n) is 7.46. The molecule has 0 saturated heterocycles. The summed E-state index contributed by atoms with van der Waals surface area (Å²) in [7, 11) is 0. The molecule has 0 heterocycles. The first-order valence-corrected chi connectivity index (χ1v) is 14.4. The zero-order valence-corrected chi connectivity index (χ0v) is 23.8. The van der Waals surface area contributed by atoms with Crippen molar-refractivity contribution in [1.29, 1.82) is 0 Å². The average molecular weight is 543 g/mol. The first-order chi connectivity index (χ1) is 20.8. The molecule has 0 bridgehead atoms. The summed E-state index contributed by atoms with van der Waals surface area (Å²) in [6.45, 7) is 2.25. The zero-order valence-electron chi connectivity index (χ0n) is 23.8. The molecule has 0 aliphatic carbocycles. The first kappa shape index (κ1) is 26.9. The van der Waals surface area contributed by atoms with Crippen molar-refractivity contribution in [2.75, 3.05) is 9.80 Å². The summed E-state index contributed by atoms with van der Waals surface area (Å²) in [5, 5.41) is 0. The van der Waals surface area contributed by atoms with Crippen molar-refractivity contribution in [3.05, 3.63) is 187 Å². The van der Waals surface area contributed by atoms with E-state index in [2.05, 4.69) is 199 Å². The Bertz CT molecular complexity index is 1620.